The van der Waals surface area contributed by atoms with Crippen LogP contribution < -0.4 is 15.2 Å². The summed E-state index contributed by atoms with van der Waals surface area (Å²) >= 11 is 0. The van der Waals surface area contributed by atoms with Crippen molar-refractivity contribution in [2.45, 2.75) is 25.7 Å². The van der Waals surface area contributed by atoms with Crippen LogP contribution in [-0.2, 0) is 0 Å². The number of benzene rings is 1. The molecule has 2 aliphatic heterocycles. The number of nitrogens with zero attached hydrogens (tertiary/aromatic N) is 6. The topological polar surface area (TPSA) is 99.8 Å². The van der Waals surface area contributed by atoms with Gasteiger partial charge in [0.1, 0.15) is 5.82 Å². The van der Waals surface area contributed by atoms with Gasteiger partial charge in [0.25, 0.3) is 5.69 Å². The predicted octanol–water partition coefficient (Wildman–Crippen LogP) is 3.03. The van der Waals surface area contributed by atoms with E-state index in [9.17, 15) is 10.1 Å². The molecular formula is C19H23N7O2. The third-order valence-corrected chi connectivity index (χ3v) is 4.99. The molecule has 0 aliphatic carbocycles. The Morgan fingerprint density at radius 1 is 1.04 bits per heavy atom. The zero-order valence-electron chi connectivity index (χ0n) is 15.6. The molecule has 1 N–H and O–H groups in total. The van der Waals surface area contributed by atoms with Crippen LogP contribution in [0.25, 0.3) is 0 Å². The Morgan fingerprint density at radius 2 is 1.75 bits per heavy atom. The van der Waals surface area contributed by atoms with Crippen molar-refractivity contribution in [2.75, 3.05) is 41.4 Å². The third kappa shape index (κ3) is 4.19. The van der Waals surface area contributed by atoms with Crippen LogP contribution in [0.2, 0.25) is 0 Å². The second-order valence-corrected chi connectivity index (χ2v) is 7.02. The standard InChI is InChI=1S/C19H23N7O2/c27-26(28)16-7-5-6-15(12-16)14-20-23-17-13-18(24-8-1-2-9-24)22-19(21-17)25-10-3-4-11-25/h5-7,12-14H,1-4,8-11H2,(H,21,22,23)/b20-14+. The molecule has 0 amide bonds. The summed E-state index contributed by atoms with van der Waals surface area (Å²) in [4.78, 5) is 24.3. The molecule has 9 heteroatoms. The Labute approximate surface area is 163 Å². The predicted molar refractivity (Wildman–Crippen MR) is 109 cm³/mol. The van der Waals surface area contributed by atoms with E-state index in [1.165, 1.54) is 25.0 Å². The number of non-ortho nitro benzene ring substituents is 1. The van der Waals surface area contributed by atoms with Gasteiger partial charge in [-0.1, -0.05) is 12.1 Å². The number of rotatable bonds is 6. The van der Waals surface area contributed by atoms with Gasteiger partial charge in [-0.3, -0.25) is 15.5 Å². The molecule has 28 heavy (non-hydrogen) atoms. The fraction of sp³-hybridized carbons (Fsp3) is 0.421. The molecule has 146 valence electrons. The van der Waals surface area contributed by atoms with Crippen molar-refractivity contribution in [3.05, 3.63) is 46.0 Å². The Balaban J connectivity index is 1.54. The minimum Gasteiger partial charge on any atom is -0.356 e. The highest BCUT2D eigenvalue weighted by Gasteiger charge is 2.20. The van der Waals surface area contributed by atoms with Crippen LogP contribution in [0.15, 0.2) is 35.4 Å². The highest BCUT2D eigenvalue weighted by Crippen LogP contribution is 2.25. The van der Waals surface area contributed by atoms with Crippen LogP contribution in [-0.4, -0.2) is 47.3 Å². The largest absolute Gasteiger partial charge is 0.356 e. The second kappa shape index (κ2) is 8.20. The molecule has 2 aromatic rings. The smallest absolute Gasteiger partial charge is 0.270 e. The van der Waals surface area contributed by atoms with E-state index in [2.05, 4.69) is 25.3 Å². The first-order valence-electron chi connectivity index (χ1n) is 9.61. The molecule has 4 rings (SSSR count). The van der Waals surface area contributed by atoms with Gasteiger partial charge in [-0.15, -0.1) is 0 Å². The van der Waals surface area contributed by atoms with Gasteiger partial charge in [-0.25, -0.2) is 0 Å². The summed E-state index contributed by atoms with van der Waals surface area (Å²) in [6, 6.07) is 8.26. The van der Waals surface area contributed by atoms with E-state index in [1.807, 2.05) is 6.07 Å². The van der Waals surface area contributed by atoms with E-state index in [0.29, 0.717) is 11.4 Å². The molecule has 0 bridgehead atoms. The average Bonchev–Trinajstić information content (AvgIpc) is 3.42. The highest BCUT2D eigenvalue weighted by atomic mass is 16.6. The molecule has 1 aromatic heterocycles. The lowest BCUT2D eigenvalue weighted by molar-refractivity contribution is -0.384. The Morgan fingerprint density at radius 3 is 2.46 bits per heavy atom. The van der Waals surface area contributed by atoms with Crippen LogP contribution in [0, 0.1) is 10.1 Å². The summed E-state index contributed by atoms with van der Waals surface area (Å²) in [6.07, 6.45) is 6.23. The van der Waals surface area contributed by atoms with E-state index in [1.54, 1.807) is 18.3 Å². The number of nitro benzene ring substituents is 1. The fourth-order valence-corrected chi connectivity index (χ4v) is 3.54. The molecule has 3 heterocycles. The molecule has 2 saturated heterocycles. The molecule has 2 aliphatic rings. The first-order valence-corrected chi connectivity index (χ1v) is 9.61. The second-order valence-electron chi connectivity index (χ2n) is 7.02. The zero-order valence-corrected chi connectivity index (χ0v) is 15.6. The average molecular weight is 381 g/mol. The van der Waals surface area contributed by atoms with E-state index < -0.39 is 4.92 Å². The lowest BCUT2D eigenvalue weighted by Gasteiger charge is -2.21. The molecule has 1 aromatic carbocycles. The summed E-state index contributed by atoms with van der Waals surface area (Å²) in [7, 11) is 0. The van der Waals surface area contributed by atoms with Gasteiger partial charge in [0, 0.05) is 49.9 Å². The van der Waals surface area contributed by atoms with Crippen LogP contribution in [0.4, 0.5) is 23.3 Å². The van der Waals surface area contributed by atoms with Crippen LogP contribution in [0.3, 0.4) is 0 Å². The first-order chi connectivity index (χ1) is 13.7. The lowest BCUT2D eigenvalue weighted by atomic mass is 10.2. The summed E-state index contributed by atoms with van der Waals surface area (Å²) in [5.74, 6) is 2.28. The van der Waals surface area contributed by atoms with Gasteiger partial charge in [0.2, 0.25) is 5.95 Å². The van der Waals surface area contributed by atoms with E-state index in [-0.39, 0.29) is 5.69 Å². The molecule has 9 nitrogen and oxygen atoms in total. The van der Waals surface area contributed by atoms with Crippen molar-refractivity contribution in [1.29, 1.82) is 0 Å². The normalized spacial score (nSPS) is 16.9. The number of hydrazone groups is 1. The third-order valence-electron chi connectivity index (χ3n) is 4.99. The van der Waals surface area contributed by atoms with Crippen molar-refractivity contribution in [3.63, 3.8) is 0 Å². The molecule has 0 spiro atoms. The molecule has 0 radical (unpaired) electrons. The Bertz CT molecular complexity index is 840. The molecule has 2 fully saturated rings. The number of aromatic nitrogens is 2. The van der Waals surface area contributed by atoms with E-state index in [4.69, 9.17) is 4.98 Å². The van der Waals surface area contributed by atoms with Gasteiger partial charge in [-0.05, 0) is 25.7 Å². The Hall–Kier alpha value is -3.23. The van der Waals surface area contributed by atoms with Gasteiger partial charge in [0.15, 0.2) is 5.82 Å². The van der Waals surface area contributed by atoms with Gasteiger partial charge in [0.05, 0.1) is 11.1 Å². The van der Waals surface area contributed by atoms with E-state index >= 15 is 0 Å². The molecule has 0 atom stereocenters. The van der Waals surface area contributed by atoms with Crippen molar-refractivity contribution in [3.8, 4) is 0 Å². The highest BCUT2D eigenvalue weighted by molar-refractivity contribution is 5.81. The van der Waals surface area contributed by atoms with Crippen LogP contribution >= 0.6 is 0 Å². The summed E-state index contributed by atoms with van der Waals surface area (Å²) in [5.41, 5.74) is 3.65. The summed E-state index contributed by atoms with van der Waals surface area (Å²) in [5, 5.41) is 15.1. The fourth-order valence-electron chi connectivity index (χ4n) is 3.54. The zero-order chi connectivity index (χ0) is 19.3. The van der Waals surface area contributed by atoms with Crippen molar-refractivity contribution < 1.29 is 4.92 Å². The van der Waals surface area contributed by atoms with Gasteiger partial charge >= 0.3 is 0 Å². The maximum atomic E-state index is 10.9. The molecular weight excluding hydrogens is 358 g/mol. The van der Waals surface area contributed by atoms with Crippen molar-refractivity contribution >= 4 is 29.5 Å². The summed E-state index contributed by atoms with van der Waals surface area (Å²) < 4.78 is 0. The quantitative estimate of drug-likeness (QED) is 0.466. The first kappa shape index (κ1) is 18.1. The monoisotopic (exact) mass is 381 g/mol. The van der Waals surface area contributed by atoms with E-state index in [0.717, 1.165) is 50.8 Å². The Kier molecular flexibility index (Phi) is 5.31. The lowest BCUT2D eigenvalue weighted by Crippen LogP contribution is -2.24. The van der Waals surface area contributed by atoms with Gasteiger partial charge < -0.3 is 9.80 Å². The van der Waals surface area contributed by atoms with Crippen molar-refractivity contribution in [2.24, 2.45) is 5.10 Å². The van der Waals surface area contributed by atoms with Crippen molar-refractivity contribution in [1.82, 2.24) is 9.97 Å². The van der Waals surface area contributed by atoms with Crippen LogP contribution in [0.1, 0.15) is 31.2 Å². The SMILES string of the molecule is O=[N+]([O-])c1cccc(/C=N/Nc2cc(N3CCCC3)nc(N3CCCC3)n2)c1. The maximum Gasteiger partial charge on any atom is 0.270 e. The molecule has 0 saturated carbocycles. The number of hydrogen-bond donors (Lipinski definition) is 1. The minimum atomic E-state index is -0.417. The number of nitro groups is 1. The minimum absolute atomic E-state index is 0.0404. The maximum absolute atomic E-state index is 10.9. The number of anilines is 3. The number of hydrogen-bond acceptors (Lipinski definition) is 8. The molecule has 0 unspecified atom stereocenters. The van der Waals surface area contributed by atoms with Crippen LogP contribution in [0.5, 0.6) is 0 Å². The van der Waals surface area contributed by atoms with Gasteiger partial charge in [-0.2, -0.15) is 15.1 Å². The number of nitrogens with one attached hydrogen (secondary N) is 1. The summed E-state index contributed by atoms with van der Waals surface area (Å²) in [6.45, 7) is 3.96.